The molecular formula is C11H12O4. The number of carbonyl (C=O) groups is 1. The molecule has 4 nitrogen and oxygen atoms in total. The van der Waals surface area contributed by atoms with E-state index in [-0.39, 0.29) is 18.2 Å². The summed E-state index contributed by atoms with van der Waals surface area (Å²) in [4.78, 5) is 11.1. The summed E-state index contributed by atoms with van der Waals surface area (Å²) in [6.45, 7) is 1.76. The van der Waals surface area contributed by atoms with Crippen molar-refractivity contribution in [3.63, 3.8) is 0 Å². The number of benzene rings is 1. The van der Waals surface area contributed by atoms with Crippen LogP contribution in [0, 0.1) is 0 Å². The van der Waals surface area contributed by atoms with Crippen molar-refractivity contribution in [1.29, 1.82) is 0 Å². The summed E-state index contributed by atoms with van der Waals surface area (Å²) in [5.74, 6) is -2.27. The summed E-state index contributed by atoms with van der Waals surface area (Å²) in [6, 6.07) is -0.299. The predicted octanol–water partition coefficient (Wildman–Crippen LogP) is 1.67. The molecule has 0 bridgehead atoms. The third-order valence-corrected chi connectivity index (χ3v) is 1.46. The first kappa shape index (κ1) is 7.34. The first-order valence-electron chi connectivity index (χ1n) is 5.76. The molecule has 2 N–H and O–H groups in total. The van der Waals surface area contributed by atoms with Crippen molar-refractivity contribution < 1.29 is 23.9 Å². The van der Waals surface area contributed by atoms with Gasteiger partial charge in [-0.3, -0.25) is 0 Å². The van der Waals surface area contributed by atoms with Crippen molar-refractivity contribution in [2.75, 3.05) is 6.61 Å². The Morgan fingerprint density at radius 1 is 1.67 bits per heavy atom. The molecule has 0 atom stereocenters. The molecule has 0 aliphatic rings. The minimum Gasteiger partial charge on any atom is -0.504 e. The molecule has 1 aromatic carbocycles. The summed E-state index contributed by atoms with van der Waals surface area (Å²) < 4.78 is 27.0. The van der Waals surface area contributed by atoms with Crippen molar-refractivity contribution in [2.45, 2.75) is 6.92 Å². The molecule has 0 radical (unpaired) electrons. The van der Waals surface area contributed by atoms with Crippen molar-refractivity contribution >= 4 is 12.0 Å². The van der Waals surface area contributed by atoms with Crippen LogP contribution in [0.3, 0.4) is 0 Å². The Labute approximate surface area is 91.6 Å². The number of aromatic hydroxyl groups is 2. The predicted molar refractivity (Wildman–Crippen MR) is 55.4 cm³/mol. The highest BCUT2D eigenvalue weighted by Gasteiger charge is 1.99. The van der Waals surface area contributed by atoms with E-state index < -0.39 is 29.6 Å². The van der Waals surface area contributed by atoms with Crippen LogP contribution in [0.2, 0.25) is 0 Å². The van der Waals surface area contributed by atoms with Crippen LogP contribution in [0.4, 0.5) is 0 Å². The zero-order valence-corrected chi connectivity index (χ0v) is 8.07. The molecule has 0 amide bonds. The zero-order chi connectivity index (χ0) is 13.9. The van der Waals surface area contributed by atoms with Crippen LogP contribution in [0.25, 0.3) is 6.05 Å². The lowest BCUT2D eigenvalue weighted by molar-refractivity contribution is -0.137. The number of ether oxygens (including phenoxy) is 1. The van der Waals surface area contributed by atoms with Crippen LogP contribution >= 0.6 is 0 Å². The van der Waals surface area contributed by atoms with Gasteiger partial charge in [0, 0.05) is 6.08 Å². The quantitative estimate of drug-likeness (QED) is 0.453. The molecule has 80 valence electrons. The number of rotatable bonds is 3. The minimum atomic E-state index is -0.792. The topological polar surface area (TPSA) is 66.8 Å². The van der Waals surface area contributed by atoms with E-state index >= 15 is 0 Å². The number of esters is 1. The second-order valence-corrected chi connectivity index (χ2v) is 2.57. The highest BCUT2D eigenvalue weighted by molar-refractivity contribution is 5.87. The Bertz CT molecular complexity index is 512. The van der Waals surface area contributed by atoms with E-state index in [9.17, 15) is 15.0 Å². The fourth-order valence-electron chi connectivity index (χ4n) is 0.830. The Morgan fingerprint density at radius 3 is 3.07 bits per heavy atom. The first-order valence-corrected chi connectivity index (χ1v) is 4.26. The smallest absolute Gasteiger partial charge is 0.330 e. The Kier molecular flexibility index (Phi) is 2.47. The van der Waals surface area contributed by atoms with E-state index in [0.29, 0.717) is 0 Å². The maximum atomic E-state index is 11.1. The van der Waals surface area contributed by atoms with Gasteiger partial charge in [0.1, 0.15) is 0 Å². The lowest BCUT2D eigenvalue weighted by Crippen LogP contribution is -1.98. The van der Waals surface area contributed by atoms with Gasteiger partial charge in [-0.2, -0.15) is 0 Å². The van der Waals surface area contributed by atoms with E-state index in [0.717, 1.165) is 12.1 Å². The Balaban J connectivity index is 3.22. The van der Waals surface area contributed by atoms with Crippen LogP contribution in [0.1, 0.15) is 16.6 Å². The highest BCUT2D eigenvalue weighted by atomic mass is 16.5. The van der Waals surface area contributed by atoms with E-state index in [2.05, 4.69) is 4.74 Å². The lowest BCUT2D eigenvalue weighted by atomic mass is 10.2. The molecule has 4 heteroatoms. The van der Waals surface area contributed by atoms with E-state index in [4.69, 9.17) is 4.11 Å². The van der Waals surface area contributed by atoms with Crippen molar-refractivity contribution in [2.24, 2.45) is 0 Å². The molecule has 0 aliphatic carbocycles. The van der Waals surface area contributed by atoms with Gasteiger partial charge < -0.3 is 14.9 Å². The first-order chi connectivity index (χ1) is 8.38. The van der Waals surface area contributed by atoms with Gasteiger partial charge >= 0.3 is 5.97 Å². The normalized spacial score (nSPS) is 13.9. The van der Waals surface area contributed by atoms with Crippen molar-refractivity contribution in [3.8, 4) is 11.5 Å². The number of hydrogen-bond donors (Lipinski definition) is 2. The zero-order valence-electron chi connectivity index (χ0n) is 11.1. The summed E-state index contributed by atoms with van der Waals surface area (Å²) in [7, 11) is 0. The maximum absolute atomic E-state index is 11.1. The monoisotopic (exact) mass is 211 g/mol. The van der Waals surface area contributed by atoms with Crippen molar-refractivity contribution in [3.05, 3.63) is 29.8 Å². The van der Waals surface area contributed by atoms with Crippen LogP contribution in [0.5, 0.6) is 11.5 Å². The van der Waals surface area contributed by atoms with Gasteiger partial charge in [-0.1, -0.05) is 6.07 Å². The highest BCUT2D eigenvalue weighted by Crippen LogP contribution is 2.25. The third-order valence-electron chi connectivity index (χ3n) is 1.46. The molecule has 0 aromatic heterocycles. The lowest BCUT2D eigenvalue weighted by Gasteiger charge is -1.98. The van der Waals surface area contributed by atoms with Gasteiger partial charge in [0.2, 0.25) is 0 Å². The number of phenols is 2. The number of carbonyl (C=O) groups excluding carboxylic acids is 1. The van der Waals surface area contributed by atoms with Crippen LogP contribution in [-0.4, -0.2) is 22.8 Å². The SMILES string of the molecule is [2H]/C(=C\C(=O)OCC)c1cc([2H])c(O)c(O)c1[2H]. The molecular weight excluding hydrogens is 196 g/mol. The number of hydrogen-bond acceptors (Lipinski definition) is 4. The van der Waals surface area contributed by atoms with Crippen LogP contribution < -0.4 is 0 Å². The Morgan fingerprint density at radius 2 is 2.40 bits per heavy atom. The van der Waals surface area contributed by atoms with E-state index in [1.165, 1.54) is 0 Å². The molecule has 0 spiro atoms. The van der Waals surface area contributed by atoms with E-state index in [1.54, 1.807) is 6.92 Å². The fourth-order valence-corrected chi connectivity index (χ4v) is 0.830. The molecule has 15 heavy (non-hydrogen) atoms. The fraction of sp³-hybridized carbons (Fsp3) is 0.182. The van der Waals surface area contributed by atoms with Crippen molar-refractivity contribution in [1.82, 2.24) is 0 Å². The molecule has 0 saturated heterocycles. The molecule has 0 fully saturated rings. The summed E-state index contributed by atoms with van der Waals surface area (Å²) in [5, 5.41) is 18.6. The van der Waals surface area contributed by atoms with Gasteiger partial charge in [-0.15, -0.1) is 0 Å². The van der Waals surface area contributed by atoms with E-state index in [1.807, 2.05) is 0 Å². The largest absolute Gasteiger partial charge is 0.504 e. The van der Waals surface area contributed by atoms with Crippen LogP contribution in [0.15, 0.2) is 24.2 Å². The molecule has 0 saturated carbocycles. The van der Waals surface area contributed by atoms with Gasteiger partial charge in [0.15, 0.2) is 11.5 Å². The van der Waals surface area contributed by atoms with Gasteiger partial charge in [-0.25, -0.2) is 4.79 Å². The molecule has 0 unspecified atom stereocenters. The maximum Gasteiger partial charge on any atom is 0.330 e. The molecule has 0 heterocycles. The molecule has 1 rings (SSSR count). The Hall–Kier alpha value is -1.97. The minimum absolute atomic E-state index is 0.136. The van der Waals surface area contributed by atoms with Crippen LogP contribution in [-0.2, 0) is 9.53 Å². The number of phenolic OH excluding ortho intramolecular Hbond substituents is 2. The second kappa shape index (κ2) is 5.05. The standard InChI is InChI=1S/C11H12O4/c1-2-15-11(14)6-4-8-3-5-9(12)10(13)7-8/h3-7,12-13H,2H2,1H3/b6-4+/i4D,5D,7D. The van der Waals surface area contributed by atoms with Gasteiger partial charge in [0.25, 0.3) is 0 Å². The summed E-state index contributed by atoms with van der Waals surface area (Å²) in [5.41, 5.74) is -0.136. The molecule has 0 aliphatic heterocycles. The average Bonchev–Trinajstić information content (AvgIpc) is 2.31. The second-order valence-electron chi connectivity index (χ2n) is 2.57. The van der Waals surface area contributed by atoms with Gasteiger partial charge in [0.05, 0.1) is 10.7 Å². The van der Waals surface area contributed by atoms with Gasteiger partial charge in [-0.05, 0) is 30.6 Å². The average molecular weight is 211 g/mol. The third kappa shape index (κ3) is 3.34. The summed E-state index contributed by atoms with van der Waals surface area (Å²) in [6.07, 6.45) is 0.840. The summed E-state index contributed by atoms with van der Waals surface area (Å²) >= 11 is 0. The molecule has 1 aromatic rings.